The highest BCUT2D eigenvalue weighted by Crippen LogP contribution is 2.45. The molecular formula is C23H24N4S. The van der Waals surface area contributed by atoms with E-state index in [1.807, 2.05) is 24.4 Å². The molecule has 3 aromatic rings. The second kappa shape index (κ2) is 6.74. The van der Waals surface area contributed by atoms with Gasteiger partial charge in [-0.15, -0.1) is 0 Å². The van der Waals surface area contributed by atoms with Crippen molar-refractivity contribution in [3.63, 3.8) is 0 Å². The zero-order valence-electron chi connectivity index (χ0n) is 16.2. The molecule has 1 saturated carbocycles. The van der Waals surface area contributed by atoms with Crippen molar-refractivity contribution in [3.8, 4) is 0 Å². The molecule has 2 fully saturated rings. The number of aromatic nitrogens is 2. The highest BCUT2D eigenvalue weighted by Gasteiger charge is 2.42. The van der Waals surface area contributed by atoms with Crippen LogP contribution in [-0.2, 0) is 0 Å². The van der Waals surface area contributed by atoms with E-state index in [1.54, 1.807) is 0 Å². The first kappa shape index (κ1) is 17.4. The minimum atomic E-state index is 0.0158. The van der Waals surface area contributed by atoms with Gasteiger partial charge in [0.25, 0.3) is 0 Å². The molecule has 28 heavy (non-hydrogen) atoms. The Kier molecular flexibility index (Phi) is 4.20. The van der Waals surface area contributed by atoms with Gasteiger partial charge in [-0.3, -0.25) is 4.98 Å². The van der Waals surface area contributed by atoms with Crippen molar-refractivity contribution < 1.29 is 0 Å². The zero-order chi connectivity index (χ0) is 19.3. The van der Waals surface area contributed by atoms with E-state index >= 15 is 0 Å². The lowest BCUT2D eigenvalue weighted by Crippen LogP contribution is -2.29. The first-order valence-electron chi connectivity index (χ1n) is 9.89. The number of benzene rings is 1. The van der Waals surface area contributed by atoms with Gasteiger partial charge in [0.1, 0.15) is 0 Å². The molecule has 0 spiro atoms. The van der Waals surface area contributed by atoms with Crippen molar-refractivity contribution in [2.45, 2.75) is 44.8 Å². The Morgan fingerprint density at radius 1 is 1.04 bits per heavy atom. The quantitative estimate of drug-likeness (QED) is 0.637. The molecule has 1 N–H and O–H groups in total. The number of hydrogen-bond acceptors (Lipinski definition) is 2. The fourth-order valence-electron chi connectivity index (χ4n) is 4.53. The van der Waals surface area contributed by atoms with Gasteiger partial charge in [-0.05, 0) is 74.8 Å². The van der Waals surface area contributed by atoms with Crippen LogP contribution >= 0.6 is 12.2 Å². The monoisotopic (exact) mass is 388 g/mol. The van der Waals surface area contributed by atoms with E-state index in [2.05, 4.69) is 70.0 Å². The van der Waals surface area contributed by atoms with Crippen LogP contribution in [0, 0.1) is 13.8 Å². The van der Waals surface area contributed by atoms with E-state index in [-0.39, 0.29) is 12.1 Å². The Hall–Kier alpha value is -2.66. The summed E-state index contributed by atoms with van der Waals surface area (Å²) in [5, 5.41) is 4.31. The van der Waals surface area contributed by atoms with E-state index in [1.165, 1.54) is 29.8 Å². The van der Waals surface area contributed by atoms with Crippen molar-refractivity contribution in [1.29, 1.82) is 0 Å². The minimum Gasteiger partial charge on any atom is -0.351 e. The van der Waals surface area contributed by atoms with E-state index in [4.69, 9.17) is 12.2 Å². The molecule has 5 heteroatoms. The fourth-order valence-corrected chi connectivity index (χ4v) is 4.88. The van der Waals surface area contributed by atoms with Crippen LogP contribution in [0.4, 0.5) is 5.69 Å². The normalized spacial score (nSPS) is 21.8. The second-order valence-electron chi connectivity index (χ2n) is 7.76. The highest BCUT2D eigenvalue weighted by molar-refractivity contribution is 7.80. The summed E-state index contributed by atoms with van der Waals surface area (Å²) >= 11 is 5.80. The lowest BCUT2D eigenvalue weighted by molar-refractivity contribution is 0.562. The number of pyridine rings is 1. The maximum atomic E-state index is 5.80. The molecule has 0 unspecified atom stereocenters. The molecule has 0 radical (unpaired) electrons. The van der Waals surface area contributed by atoms with Crippen molar-refractivity contribution >= 4 is 23.0 Å². The Bertz CT molecular complexity index is 1010. The predicted molar refractivity (Wildman–Crippen MR) is 117 cm³/mol. The second-order valence-corrected chi connectivity index (χ2v) is 8.15. The van der Waals surface area contributed by atoms with E-state index < -0.39 is 0 Å². The van der Waals surface area contributed by atoms with Crippen molar-refractivity contribution in [1.82, 2.24) is 14.9 Å². The van der Waals surface area contributed by atoms with Gasteiger partial charge >= 0.3 is 0 Å². The molecule has 4 nitrogen and oxygen atoms in total. The third-order valence-corrected chi connectivity index (χ3v) is 6.20. The number of hydrogen-bond donors (Lipinski definition) is 1. The third kappa shape index (κ3) is 2.81. The Morgan fingerprint density at radius 2 is 1.79 bits per heavy atom. The standard InChI is InChI=1S/C23H24N4S/c1-15-14-19(16(2)26(15)18-11-12-18)22-21(20-10-6-7-13-24-20)25-23(28)27(22)17-8-4-3-5-9-17/h3-10,13-14,18,21-22H,11-12H2,1-2H3,(H,25,28)/t21-,22+/m0/s1. The summed E-state index contributed by atoms with van der Waals surface area (Å²) in [6.45, 7) is 4.47. The van der Waals surface area contributed by atoms with E-state index in [9.17, 15) is 0 Å². The predicted octanol–water partition coefficient (Wildman–Crippen LogP) is 5.01. The number of anilines is 1. The SMILES string of the molecule is Cc1cc([C@@H]2[C@H](c3ccccn3)NC(=S)N2c2ccccc2)c(C)n1C1CC1. The number of rotatable bonds is 4. The van der Waals surface area contributed by atoms with Crippen LogP contribution < -0.4 is 10.2 Å². The van der Waals surface area contributed by atoms with Crippen molar-refractivity contribution in [3.05, 3.63) is 83.4 Å². The summed E-state index contributed by atoms with van der Waals surface area (Å²) in [7, 11) is 0. The lowest BCUT2D eigenvalue weighted by Gasteiger charge is -2.28. The third-order valence-electron chi connectivity index (χ3n) is 5.89. The average molecular weight is 389 g/mol. The highest BCUT2D eigenvalue weighted by atomic mass is 32.1. The largest absolute Gasteiger partial charge is 0.351 e. The van der Waals surface area contributed by atoms with Crippen LogP contribution in [0.2, 0.25) is 0 Å². The van der Waals surface area contributed by atoms with Crippen LogP contribution in [0.3, 0.4) is 0 Å². The minimum absolute atomic E-state index is 0.0158. The zero-order valence-corrected chi connectivity index (χ0v) is 17.0. The van der Waals surface area contributed by atoms with Crippen LogP contribution in [-0.4, -0.2) is 14.7 Å². The van der Waals surface area contributed by atoms with Gasteiger partial charge in [0.05, 0.1) is 17.8 Å². The van der Waals surface area contributed by atoms with Gasteiger partial charge in [0.15, 0.2) is 5.11 Å². The van der Waals surface area contributed by atoms with Gasteiger partial charge in [0, 0.05) is 29.3 Å². The molecule has 5 rings (SSSR count). The Balaban J connectivity index is 1.66. The van der Waals surface area contributed by atoms with Crippen LogP contribution in [0.5, 0.6) is 0 Å². The maximum absolute atomic E-state index is 5.80. The Labute approximate surface area is 171 Å². The maximum Gasteiger partial charge on any atom is 0.174 e. The van der Waals surface area contributed by atoms with Crippen LogP contribution in [0.15, 0.2) is 60.8 Å². The van der Waals surface area contributed by atoms with E-state index in [0.29, 0.717) is 6.04 Å². The first-order chi connectivity index (χ1) is 13.6. The van der Waals surface area contributed by atoms with Gasteiger partial charge in [-0.1, -0.05) is 24.3 Å². The molecule has 1 aliphatic carbocycles. The number of aryl methyl sites for hydroxylation is 1. The van der Waals surface area contributed by atoms with Crippen molar-refractivity contribution in [2.24, 2.45) is 0 Å². The summed E-state index contributed by atoms with van der Waals surface area (Å²) in [5.74, 6) is 0. The summed E-state index contributed by atoms with van der Waals surface area (Å²) in [5.41, 5.74) is 6.14. The van der Waals surface area contributed by atoms with Crippen molar-refractivity contribution in [2.75, 3.05) is 4.90 Å². The number of para-hydroxylation sites is 1. The number of nitrogens with one attached hydrogen (secondary N) is 1. The lowest BCUT2D eigenvalue weighted by atomic mass is 9.96. The summed E-state index contributed by atoms with van der Waals surface area (Å²) < 4.78 is 2.51. The molecular weight excluding hydrogens is 364 g/mol. The molecule has 1 saturated heterocycles. The Morgan fingerprint density at radius 3 is 2.46 bits per heavy atom. The van der Waals surface area contributed by atoms with Crippen LogP contribution in [0.25, 0.3) is 0 Å². The molecule has 2 atom stereocenters. The molecule has 142 valence electrons. The van der Waals surface area contributed by atoms with Gasteiger partial charge in [0.2, 0.25) is 0 Å². The summed E-state index contributed by atoms with van der Waals surface area (Å²) in [4.78, 5) is 6.91. The fraction of sp³-hybridized carbons (Fsp3) is 0.304. The molecule has 3 heterocycles. The molecule has 1 aromatic carbocycles. The molecule has 0 amide bonds. The van der Waals surface area contributed by atoms with Gasteiger partial charge in [-0.2, -0.15) is 0 Å². The van der Waals surface area contributed by atoms with Crippen LogP contribution in [0.1, 0.15) is 53.6 Å². The average Bonchev–Trinajstić information content (AvgIpc) is 3.42. The molecule has 1 aliphatic heterocycles. The van der Waals surface area contributed by atoms with E-state index in [0.717, 1.165) is 16.5 Å². The topological polar surface area (TPSA) is 33.1 Å². The number of thiocarbonyl (C=S) groups is 1. The smallest absolute Gasteiger partial charge is 0.174 e. The summed E-state index contributed by atoms with van der Waals surface area (Å²) in [6, 6.07) is 19.6. The molecule has 2 aliphatic rings. The number of nitrogens with zero attached hydrogens (tertiary/aromatic N) is 3. The molecule has 2 aromatic heterocycles. The summed E-state index contributed by atoms with van der Waals surface area (Å²) in [6.07, 6.45) is 4.42. The van der Waals surface area contributed by atoms with Gasteiger partial charge in [-0.25, -0.2) is 0 Å². The van der Waals surface area contributed by atoms with Gasteiger partial charge < -0.3 is 14.8 Å². The first-order valence-corrected chi connectivity index (χ1v) is 10.3. The molecule has 0 bridgehead atoms.